The van der Waals surface area contributed by atoms with Gasteiger partial charge in [0, 0.05) is 14.6 Å². The molecule has 0 aliphatic rings. The van der Waals surface area contributed by atoms with Crippen LogP contribution < -0.4 is 17.0 Å². The van der Waals surface area contributed by atoms with Crippen LogP contribution in [-0.2, 0) is 0 Å². The molecule has 0 atom stereocenters. The number of nitrogen functional groups attached to an aromatic ring is 1. The summed E-state index contributed by atoms with van der Waals surface area (Å²) in [7, 11) is 0. The van der Waals surface area contributed by atoms with Gasteiger partial charge in [0.1, 0.15) is 6.07 Å². The summed E-state index contributed by atoms with van der Waals surface area (Å²) in [5.41, 5.74) is 6.16. The molecule has 2 aromatic carbocycles. The number of nitrogens with one attached hydrogen (secondary N) is 2. The summed E-state index contributed by atoms with van der Waals surface area (Å²) >= 11 is 6.47. The molecule has 0 amide bonds. The van der Waals surface area contributed by atoms with Crippen molar-refractivity contribution >= 4 is 48.5 Å². The van der Waals surface area contributed by atoms with Crippen LogP contribution in [-0.4, -0.2) is 9.97 Å². The van der Waals surface area contributed by atoms with Gasteiger partial charge in [0.05, 0.1) is 16.5 Å². The van der Waals surface area contributed by atoms with Gasteiger partial charge in [-0.3, -0.25) is 9.78 Å². The van der Waals surface area contributed by atoms with Crippen molar-refractivity contribution in [1.82, 2.24) is 9.97 Å². The summed E-state index contributed by atoms with van der Waals surface area (Å²) in [6.07, 6.45) is 0. The van der Waals surface area contributed by atoms with Crippen LogP contribution in [0.2, 0.25) is 0 Å². The molecule has 3 rings (SSSR count). The molecule has 8 heteroatoms. The number of aromatic amines is 2. The van der Waals surface area contributed by atoms with E-state index in [1.807, 2.05) is 6.07 Å². The highest BCUT2D eigenvalue weighted by Gasteiger charge is 1.99. The molecule has 116 valence electrons. The zero-order valence-electron chi connectivity index (χ0n) is 11.6. The number of halogens is 2. The predicted molar refractivity (Wildman–Crippen MR) is 96.2 cm³/mol. The van der Waals surface area contributed by atoms with Crippen molar-refractivity contribution in [3.05, 3.63) is 71.7 Å². The van der Waals surface area contributed by atoms with Gasteiger partial charge in [0.15, 0.2) is 0 Å². The van der Waals surface area contributed by atoms with Crippen molar-refractivity contribution in [2.45, 2.75) is 0 Å². The monoisotopic (exact) mass is 436 g/mol. The van der Waals surface area contributed by atoms with E-state index >= 15 is 0 Å². The van der Waals surface area contributed by atoms with Gasteiger partial charge in [-0.15, -0.1) is 0 Å². The normalized spacial score (nSPS) is 9.78. The van der Waals surface area contributed by atoms with E-state index in [9.17, 15) is 9.59 Å². The van der Waals surface area contributed by atoms with E-state index < -0.39 is 5.69 Å². The van der Waals surface area contributed by atoms with Crippen molar-refractivity contribution < 1.29 is 0 Å². The minimum atomic E-state index is -0.486. The standard InChI is InChI=1S/C8H5BrN2O2.C7H5BrN2/c9-4-1-2-6-5(3-4)7(12)11-8(13)10-6;8-6-1-2-7(10)5(3-6)4-9/h1-3H,(H2,10,11,12,13);1-3H,10H2. The fraction of sp³-hybridized carbons (Fsp3) is 0. The van der Waals surface area contributed by atoms with Crippen LogP contribution in [0.3, 0.4) is 0 Å². The van der Waals surface area contributed by atoms with Gasteiger partial charge in [-0.1, -0.05) is 31.9 Å². The Morgan fingerprint density at radius 2 is 1.65 bits per heavy atom. The summed E-state index contributed by atoms with van der Waals surface area (Å²) in [5.74, 6) is 0. The summed E-state index contributed by atoms with van der Waals surface area (Å²) < 4.78 is 1.68. The molecular weight excluding hydrogens is 428 g/mol. The number of nitrogens with two attached hydrogens (primary N) is 1. The molecule has 0 aliphatic carbocycles. The molecule has 0 saturated carbocycles. The average Bonchev–Trinajstić information content (AvgIpc) is 2.51. The third-order valence-electron chi connectivity index (χ3n) is 2.84. The molecule has 0 spiro atoms. The number of hydrogen-bond donors (Lipinski definition) is 3. The van der Waals surface area contributed by atoms with Gasteiger partial charge in [0.25, 0.3) is 5.56 Å². The van der Waals surface area contributed by atoms with Gasteiger partial charge in [0.2, 0.25) is 0 Å². The third-order valence-corrected chi connectivity index (χ3v) is 3.82. The summed E-state index contributed by atoms with van der Waals surface area (Å²) in [4.78, 5) is 26.8. The van der Waals surface area contributed by atoms with E-state index in [2.05, 4.69) is 41.8 Å². The highest BCUT2D eigenvalue weighted by molar-refractivity contribution is 9.10. The third kappa shape index (κ3) is 4.31. The summed E-state index contributed by atoms with van der Waals surface area (Å²) in [6, 6.07) is 12.3. The second-order valence-electron chi connectivity index (χ2n) is 4.44. The predicted octanol–water partition coefficient (Wildman–Crippen LogP) is 2.88. The van der Waals surface area contributed by atoms with Crippen molar-refractivity contribution in [2.75, 3.05) is 5.73 Å². The van der Waals surface area contributed by atoms with Crippen molar-refractivity contribution in [3.63, 3.8) is 0 Å². The van der Waals surface area contributed by atoms with Crippen molar-refractivity contribution in [1.29, 1.82) is 5.26 Å². The largest absolute Gasteiger partial charge is 0.398 e. The molecule has 4 N–H and O–H groups in total. The zero-order chi connectivity index (χ0) is 17.0. The maximum absolute atomic E-state index is 11.3. The number of H-pyrrole nitrogens is 2. The van der Waals surface area contributed by atoms with E-state index in [1.165, 1.54) is 0 Å². The Morgan fingerprint density at radius 3 is 2.30 bits per heavy atom. The number of hydrogen-bond acceptors (Lipinski definition) is 4. The highest BCUT2D eigenvalue weighted by atomic mass is 79.9. The number of benzene rings is 2. The van der Waals surface area contributed by atoms with Gasteiger partial charge < -0.3 is 10.7 Å². The molecule has 1 heterocycles. The molecule has 0 fully saturated rings. The lowest BCUT2D eigenvalue weighted by Gasteiger charge is -1.95. The molecule has 0 saturated heterocycles. The fourth-order valence-electron chi connectivity index (χ4n) is 1.76. The number of fused-ring (bicyclic) bond motifs is 1. The smallest absolute Gasteiger partial charge is 0.326 e. The number of aromatic nitrogens is 2. The lowest BCUT2D eigenvalue weighted by molar-refractivity contribution is 1.08. The number of nitriles is 1. The maximum Gasteiger partial charge on any atom is 0.326 e. The maximum atomic E-state index is 11.3. The minimum Gasteiger partial charge on any atom is -0.398 e. The van der Waals surface area contributed by atoms with Crippen LogP contribution in [0.25, 0.3) is 10.9 Å². The topological polar surface area (TPSA) is 116 Å². The van der Waals surface area contributed by atoms with Gasteiger partial charge in [-0.25, -0.2) is 4.79 Å². The molecule has 0 radical (unpaired) electrons. The average molecular weight is 438 g/mol. The Morgan fingerprint density at radius 1 is 1.00 bits per heavy atom. The Labute approximate surface area is 147 Å². The van der Waals surface area contributed by atoms with E-state index in [4.69, 9.17) is 11.0 Å². The van der Waals surface area contributed by atoms with Crippen molar-refractivity contribution in [3.8, 4) is 6.07 Å². The van der Waals surface area contributed by atoms with Crippen LogP contribution in [0.15, 0.2) is 54.9 Å². The molecule has 23 heavy (non-hydrogen) atoms. The quantitative estimate of drug-likeness (QED) is 0.469. The molecule has 6 nitrogen and oxygen atoms in total. The van der Waals surface area contributed by atoms with Gasteiger partial charge >= 0.3 is 5.69 Å². The van der Waals surface area contributed by atoms with E-state index in [-0.39, 0.29) is 5.56 Å². The lowest BCUT2D eigenvalue weighted by atomic mass is 10.2. The molecular formula is C15H10Br2N4O2. The lowest BCUT2D eigenvalue weighted by Crippen LogP contribution is -2.21. The van der Waals surface area contributed by atoms with E-state index in [0.717, 1.165) is 8.95 Å². The Hall–Kier alpha value is -2.37. The number of rotatable bonds is 0. The first kappa shape index (κ1) is 17.0. The van der Waals surface area contributed by atoms with Crippen molar-refractivity contribution in [2.24, 2.45) is 0 Å². The zero-order valence-corrected chi connectivity index (χ0v) is 14.7. The van der Waals surface area contributed by atoms with Crippen LogP contribution in [0.1, 0.15) is 5.56 Å². The first-order chi connectivity index (χ1) is 10.9. The number of nitrogens with zero attached hydrogens (tertiary/aromatic N) is 1. The Balaban J connectivity index is 0.000000174. The first-order valence-corrected chi connectivity index (χ1v) is 7.86. The van der Waals surface area contributed by atoms with Gasteiger partial charge in [-0.2, -0.15) is 5.26 Å². The van der Waals surface area contributed by atoms with Gasteiger partial charge in [-0.05, 0) is 36.4 Å². The Kier molecular flexibility index (Phi) is 5.36. The van der Waals surface area contributed by atoms with E-state index in [1.54, 1.807) is 36.4 Å². The molecule has 1 aromatic heterocycles. The van der Waals surface area contributed by atoms with E-state index in [0.29, 0.717) is 22.2 Å². The van der Waals surface area contributed by atoms with Crippen LogP contribution in [0.4, 0.5) is 5.69 Å². The summed E-state index contributed by atoms with van der Waals surface area (Å²) in [6.45, 7) is 0. The summed E-state index contributed by atoms with van der Waals surface area (Å²) in [5, 5.41) is 8.96. The molecule has 3 aromatic rings. The minimum absolute atomic E-state index is 0.375. The van der Waals surface area contributed by atoms with Crippen LogP contribution in [0.5, 0.6) is 0 Å². The number of anilines is 1. The SMILES string of the molecule is N#Cc1cc(Br)ccc1N.O=c1[nH]c(=O)c2cc(Br)ccc2[nH]1. The fourth-order valence-corrected chi connectivity index (χ4v) is 2.48. The van der Waals surface area contributed by atoms with Crippen LogP contribution >= 0.6 is 31.9 Å². The van der Waals surface area contributed by atoms with Crippen LogP contribution in [0, 0.1) is 11.3 Å². The second-order valence-corrected chi connectivity index (χ2v) is 6.27. The highest BCUT2D eigenvalue weighted by Crippen LogP contribution is 2.16. The molecule has 0 unspecified atom stereocenters. The molecule has 0 aliphatic heterocycles. The molecule has 0 bridgehead atoms. The second kappa shape index (κ2) is 7.26. The Bertz CT molecular complexity index is 1020. The first-order valence-electron chi connectivity index (χ1n) is 6.27.